The lowest BCUT2D eigenvalue weighted by atomic mass is 10.2. The number of likely N-dealkylation sites (N-methyl/N-ethyl adjacent to an activating group) is 1. The van der Waals surface area contributed by atoms with Crippen molar-refractivity contribution in [2.75, 3.05) is 38.5 Å². The molecule has 26 heavy (non-hydrogen) atoms. The van der Waals surface area contributed by atoms with Crippen LogP contribution in [0.1, 0.15) is 16.1 Å². The van der Waals surface area contributed by atoms with Crippen molar-refractivity contribution >= 4 is 29.4 Å². The van der Waals surface area contributed by atoms with E-state index in [1.54, 1.807) is 11.0 Å². The quantitative estimate of drug-likeness (QED) is 0.821. The summed E-state index contributed by atoms with van der Waals surface area (Å²) in [6.45, 7) is 3.01. The van der Waals surface area contributed by atoms with Gasteiger partial charge in [0.2, 0.25) is 0 Å². The van der Waals surface area contributed by atoms with Gasteiger partial charge < -0.3 is 15.5 Å². The van der Waals surface area contributed by atoms with Gasteiger partial charge in [0.1, 0.15) is 0 Å². The second-order valence-electron chi connectivity index (χ2n) is 6.12. The number of piperazine rings is 1. The highest BCUT2D eigenvalue weighted by Gasteiger charge is 2.24. The maximum Gasteiger partial charge on any atom is 0.323 e. The van der Waals surface area contributed by atoms with Crippen LogP contribution in [0.2, 0.25) is 5.02 Å². The first kappa shape index (κ1) is 18.2. The number of amides is 3. The number of carbonyl (C=O) groups is 2. The minimum absolute atomic E-state index is 0.0838. The molecule has 1 fully saturated rings. The molecule has 0 bridgehead atoms. The predicted molar refractivity (Wildman–Crippen MR) is 97.2 cm³/mol. The minimum Gasteiger partial charge on any atom is -0.364 e. The van der Waals surface area contributed by atoms with Crippen LogP contribution in [0.25, 0.3) is 0 Å². The van der Waals surface area contributed by atoms with Crippen LogP contribution in [0.4, 0.5) is 10.6 Å². The molecule has 0 saturated carbocycles. The van der Waals surface area contributed by atoms with Gasteiger partial charge in [-0.3, -0.25) is 10.1 Å². The van der Waals surface area contributed by atoms with Crippen LogP contribution in [-0.2, 0) is 6.54 Å². The Balaban J connectivity index is 1.82. The molecule has 0 aliphatic carbocycles. The number of urea groups is 1. The normalized spacial score (nSPS) is 15.1. The second-order valence-corrected chi connectivity index (χ2v) is 6.53. The summed E-state index contributed by atoms with van der Waals surface area (Å²) in [7, 11) is 2.00. The fourth-order valence-corrected chi connectivity index (χ4v) is 2.89. The number of hydrogen-bond acceptors (Lipinski definition) is 5. The van der Waals surface area contributed by atoms with Crippen molar-refractivity contribution < 1.29 is 9.59 Å². The maximum atomic E-state index is 12.6. The van der Waals surface area contributed by atoms with E-state index >= 15 is 0 Å². The summed E-state index contributed by atoms with van der Waals surface area (Å²) in [6, 6.07) is 6.93. The fraction of sp³-hybridized carbons (Fsp3) is 0.375. The smallest absolute Gasteiger partial charge is 0.323 e. The zero-order valence-electron chi connectivity index (χ0n) is 14.4. The first-order valence-electron chi connectivity index (χ1n) is 8.17. The van der Waals surface area contributed by atoms with Gasteiger partial charge in [-0.15, -0.1) is 5.10 Å². The molecule has 3 N–H and O–H groups in total. The van der Waals surface area contributed by atoms with Crippen LogP contribution >= 0.6 is 11.6 Å². The lowest BCUT2D eigenvalue weighted by Gasteiger charge is -2.32. The Labute approximate surface area is 155 Å². The molecule has 1 aliphatic rings. The molecular formula is C16H20ClN7O2. The van der Waals surface area contributed by atoms with Gasteiger partial charge in [0.05, 0.1) is 6.54 Å². The van der Waals surface area contributed by atoms with Gasteiger partial charge >= 0.3 is 6.03 Å². The lowest BCUT2D eigenvalue weighted by molar-refractivity contribution is 0.0996. The second kappa shape index (κ2) is 7.71. The molecule has 2 heterocycles. The summed E-state index contributed by atoms with van der Waals surface area (Å²) >= 11 is 6.18. The third kappa shape index (κ3) is 3.94. The molecule has 10 heteroatoms. The Kier molecular flexibility index (Phi) is 5.38. The molecule has 0 unspecified atom stereocenters. The van der Waals surface area contributed by atoms with Gasteiger partial charge in [-0.25, -0.2) is 9.48 Å². The molecule has 2 aromatic rings. The molecule has 0 radical (unpaired) electrons. The number of primary amides is 1. The number of carbonyl (C=O) groups excluding carboxylic acids is 2. The number of aromatic nitrogens is 3. The molecule has 138 valence electrons. The van der Waals surface area contributed by atoms with Gasteiger partial charge in [0.25, 0.3) is 5.91 Å². The molecule has 1 aliphatic heterocycles. The van der Waals surface area contributed by atoms with Crippen LogP contribution in [0, 0.1) is 0 Å². The van der Waals surface area contributed by atoms with Crippen molar-refractivity contribution in [3.05, 3.63) is 40.5 Å². The number of anilines is 1. The van der Waals surface area contributed by atoms with Crippen LogP contribution < -0.4 is 11.1 Å². The molecule has 1 aromatic heterocycles. The van der Waals surface area contributed by atoms with Crippen molar-refractivity contribution in [1.29, 1.82) is 0 Å². The lowest BCUT2D eigenvalue weighted by Crippen LogP contribution is -2.48. The molecule has 9 nitrogen and oxygen atoms in total. The number of nitrogens with one attached hydrogen (secondary N) is 1. The standard InChI is InChI=1S/C16H20ClN7O2/c1-22-6-8-23(9-7-22)16(26)19-15-13(14(18)25)20-21-24(15)10-11-4-2-3-5-12(11)17/h2-5H,6-10H2,1H3,(H2,18,25)(H,19,26). The Morgan fingerprint density at radius 1 is 1.23 bits per heavy atom. The Morgan fingerprint density at radius 3 is 2.58 bits per heavy atom. The van der Waals surface area contributed by atoms with Crippen molar-refractivity contribution in [3.8, 4) is 0 Å². The molecule has 3 amide bonds. The van der Waals surface area contributed by atoms with Crippen LogP contribution in [0.5, 0.6) is 0 Å². The predicted octanol–water partition coefficient (Wildman–Crippen LogP) is 0.858. The van der Waals surface area contributed by atoms with E-state index in [-0.39, 0.29) is 24.1 Å². The fourth-order valence-electron chi connectivity index (χ4n) is 2.69. The highest BCUT2D eigenvalue weighted by molar-refractivity contribution is 6.31. The Morgan fingerprint density at radius 2 is 1.92 bits per heavy atom. The van der Waals surface area contributed by atoms with Crippen LogP contribution in [-0.4, -0.2) is 70.0 Å². The van der Waals surface area contributed by atoms with E-state index < -0.39 is 5.91 Å². The van der Waals surface area contributed by atoms with Gasteiger partial charge in [0.15, 0.2) is 11.5 Å². The monoisotopic (exact) mass is 377 g/mol. The van der Waals surface area contributed by atoms with Crippen molar-refractivity contribution in [3.63, 3.8) is 0 Å². The SMILES string of the molecule is CN1CCN(C(=O)Nc2c(C(N)=O)nnn2Cc2ccccc2Cl)CC1. The Bertz CT molecular complexity index is 815. The zero-order valence-corrected chi connectivity index (χ0v) is 15.1. The first-order chi connectivity index (χ1) is 12.5. The largest absolute Gasteiger partial charge is 0.364 e. The third-order valence-electron chi connectivity index (χ3n) is 4.26. The summed E-state index contributed by atoms with van der Waals surface area (Å²) in [5.74, 6) is -0.592. The summed E-state index contributed by atoms with van der Waals surface area (Å²) < 4.78 is 1.41. The third-order valence-corrected chi connectivity index (χ3v) is 4.63. The summed E-state index contributed by atoms with van der Waals surface area (Å²) in [5.41, 5.74) is 6.07. The number of hydrogen-bond donors (Lipinski definition) is 2. The van der Waals surface area contributed by atoms with Gasteiger partial charge in [-0.1, -0.05) is 35.0 Å². The average Bonchev–Trinajstić information content (AvgIpc) is 3.00. The number of halogens is 1. The highest BCUT2D eigenvalue weighted by atomic mass is 35.5. The summed E-state index contributed by atoms with van der Waals surface area (Å²) in [4.78, 5) is 28.1. The van der Waals surface area contributed by atoms with E-state index in [0.29, 0.717) is 18.1 Å². The number of nitrogens with zero attached hydrogens (tertiary/aromatic N) is 5. The van der Waals surface area contributed by atoms with Gasteiger partial charge in [0, 0.05) is 31.2 Å². The van der Waals surface area contributed by atoms with Crippen molar-refractivity contribution in [2.45, 2.75) is 6.54 Å². The molecule has 3 rings (SSSR count). The topological polar surface area (TPSA) is 109 Å². The number of rotatable bonds is 4. The van der Waals surface area contributed by atoms with E-state index in [9.17, 15) is 9.59 Å². The zero-order chi connectivity index (χ0) is 18.7. The van der Waals surface area contributed by atoms with E-state index in [1.165, 1.54) is 4.68 Å². The summed E-state index contributed by atoms with van der Waals surface area (Å²) in [5, 5.41) is 11.0. The number of nitrogens with two attached hydrogens (primary N) is 1. The molecule has 0 atom stereocenters. The maximum absolute atomic E-state index is 12.6. The molecular weight excluding hydrogens is 358 g/mol. The van der Waals surface area contributed by atoms with Gasteiger partial charge in [-0.2, -0.15) is 0 Å². The number of benzene rings is 1. The molecule has 1 saturated heterocycles. The Hall–Kier alpha value is -2.65. The average molecular weight is 378 g/mol. The van der Waals surface area contributed by atoms with Crippen LogP contribution in [0.15, 0.2) is 24.3 Å². The first-order valence-corrected chi connectivity index (χ1v) is 8.54. The highest BCUT2D eigenvalue weighted by Crippen LogP contribution is 2.20. The van der Waals surface area contributed by atoms with Crippen molar-refractivity contribution in [2.24, 2.45) is 5.73 Å². The van der Waals surface area contributed by atoms with E-state index in [2.05, 4.69) is 20.5 Å². The van der Waals surface area contributed by atoms with Gasteiger partial charge in [-0.05, 0) is 18.7 Å². The van der Waals surface area contributed by atoms with Crippen LogP contribution in [0.3, 0.4) is 0 Å². The molecule has 0 spiro atoms. The van der Waals surface area contributed by atoms with E-state index in [4.69, 9.17) is 17.3 Å². The molecule has 1 aromatic carbocycles. The van der Waals surface area contributed by atoms with E-state index in [1.807, 2.05) is 25.2 Å². The minimum atomic E-state index is -0.760. The summed E-state index contributed by atoms with van der Waals surface area (Å²) in [6.07, 6.45) is 0. The van der Waals surface area contributed by atoms with Crippen molar-refractivity contribution in [1.82, 2.24) is 24.8 Å². The van der Waals surface area contributed by atoms with E-state index in [0.717, 1.165) is 18.7 Å².